The molecule has 1 atom stereocenters. The summed E-state index contributed by atoms with van der Waals surface area (Å²) in [6.07, 6.45) is 1.41. The van der Waals surface area contributed by atoms with Gasteiger partial charge in [0.05, 0.1) is 0 Å². The largest absolute Gasteiger partial charge is 0.458 e. The topological polar surface area (TPSA) is 106 Å². The molecule has 2 heterocycles. The number of rotatable bonds is 3. The molecule has 0 unspecified atom stereocenters. The highest BCUT2D eigenvalue weighted by Crippen LogP contribution is 2.53. The van der Waals surface area contributed by atoms with Crippen LogP contribution < -0.4 is 10.6 Å². The van der Waals surface area contributed by atoms with Crippen molar-refractivity contribution in [2.45, 2.75) is 12.3 Å². The Bertz CT molecular complexity index is 938. The summed E-state index contributed by atoms with van der Waals surface area (Å²) >= 11 is 0. The summed E-state index contributed by atoms with van der Waals surface area (Å²) in [7, 11) is 1.58. The average Bonchev–Trinajstić information content (AvgIpc) is 2.83. The third-order valence-corrected chi connectivity index (χ3v) is 4.55. The molecule has 0 saturated carbocycles. The van der Waals surface area contributed by atoms with Gasteiger partial charge in [0.2, 0.25) is 11.8 Å². The highest BCUT2D eigenvalue weighted by atomic mass is 16.5. The third kappa shape index (κ3) is 2.05. The molecule has 0 saturated heterocycles. The average molecular weight is 351 g/mol. The van der Waals surface area contributed by atoms with Crippen molar-refractivity contribution in [1.82, 2.24) is 0 Å². The smallest absolute Gasteiger partial charge is 0.339 e. The molecule has 0 radical (unpaired) electrons. The number of nitrogens with zero attached hydrogens (tertiary/aromatic N) is 2. The summed E-state index contributed by atoms with van der Waals surface area (Å²) in [5.74, 6) is -1.31. The lowest BCUT2D eigenvalue weighted by molar-refractivity contribution is -0.140. The molecule has 1 aromatic carbocycles. The highest BCUT2D eigenvalue weighted by molar-refractivity contribution is 6.18. The van der Waals surface area contributed by atoms with Crippen molar-refractivity contribution in [1.29, 1.82) is 5.26 Å². The first-order valence-corrected chi connectivity index (χ1v) is 7.86. The number of amides is 1. The predicted octanol–water partition coefficient (Wildman–Crippen LogP) is 1.63. The standard InChI is InChI=1S/C19H17N3O4/c1-4-9-25-17(23)15-11(2)26-16(21)13(10-20)19(15)12-7-5-6-8-14(12)22(3)18(19)24/h4-8H,1,9,21H2,2-3H3/t19-/m0/s1. The van der Waals surface area contributed by atoms with Crippen LogP contribution in [0.1, 0.15) is 12.5 Å². The van der Waals surface area contributed by atoms with Crippen molar-refractivity contribution in [2.24, 2.45) is 5.73 Å². The van der Waals surface area contributed by atoms with Crippen LogP contribution in [-0.4, -0.2) is 25.5 Å². The quantitative estimate of drug-likeness (QED) is 0.655. The number of nitrogens with two attached hydrogens (primary N) is 1. The molecule has 0 aromatic heterocycles. The fraction of sp³-hybridized carbons (Fsp3) is 0.211. The fourth-order valence-electron chi connectivity index (χ4n) is 3.53. The number of nitriles is 1. The first kappa shape index (κ1) is 17.3. The van der Waals surface area contributed by atoms with Crippen molar-refractivity contribution >= 4 is 17.6 Å². The predicted molar refractivity (Wildman–Crippen MR) is 93.3 cm³/mol. The first-order chi connectivity index (χ1) is 12.4. The van der Waals surface area contributed by atoms with Gasteiger partial charge in [-0.2, -0.15) is 5.26 Å². The molecule has 2 aliphatic heterocycles. The normalized spacial score (nSPS) is 21.4. The molecule has 7 heteroatoms. The van der Waals surface area contributed by atoms with E-state index in [-0.39, 0.29) is 29.4 Å². The van der Waals surface area contributed by atoms with Crippen LogP contribution in [-0.2, 0) is 24.5 Å². The monoisotopic (exact) mass is 351 g/mol. The van der Waals surface area contributed by atoms with E-state index >= 15 is 0 Å². The van der Waals surface area contributed by atoms with Crippen molar-refractivity contribution in [2.75, 3.05) is 18.6 Å². The van der Waals surface area contributed by atoms with Crippen LogP contribution in [0, 0.1) is 11.3 Å². The fourth-order valence-corrected chi connectivity index (χ4v) is 3.53. The summed E-state index contributed by atoms with van der Waals surface area (Å²) in [5, 5.41) is 9.75. The van der Waals surface area contributed by atoms with Gasteiger partial charge in [0.1, 0.15) is 29.6 Å². The second-order valence-electron chi connectivity index (χ2n) is 5.90. The molecule has 132 valence electrons. The van der Waals surface area contributed by atoms with Gasteiger partial charge < -0.3 is 20.1 Å². The van der Waals surface area contributed by atoms with Crippen LogP contribution in [0.15, 0.2) is 59.7 Å². The minimum atomic E-state index is -1.69. The van der Waals surface area contributed by atoms with E-state index in [2.05, 4.69) is 6.58 Å². The number of hydrogen-bond acceptors (Lipinski definition) is 6. The molecular formula is C19H17N3O4. The van der Waals surface area contributed by atoms with E-state index in [9.17, 15) is 14.9 Å². The summed E-state index contributed by atoms with van der Waals surface area (Å²) in [6, 6.07) is 8.90. The SMILES string of the molecule is C=CCOC(=O)C1=C(C)OC(N)=C(C#N)[C@]12C(=O)N(C)c1ccccc12. The van der Waals surface area contributed by atoms with E-state index in [1.165, 1.54) is 17.9 Å². The maximum Gasteiger partial charge on any atom is 0.339 e. The number of carbonyl (C=O) groups excluding carboxylic acids is 2. The van der Waals surface area contributed by atoms with Crippen molar-refractivity contribution in [3.63, 3.8) is 0 Å². The van der Waals surface area contributed by atoms with E-state index in [1.54, 1.807) is 31.3 Å². The second-order valence-corrected chi connectivity index (χ2v) is 5.90. The first-order valence-electron chi connectivity index (χ1n) is 7.86. The summed E-state index contributed by atoms with van der Waals surface area (Å²) in [5.41, 5.74) is 5.13. The zero-order valence-corrected chi connectivity index (χ0v) is 14.4. The minimum absolute atomic E-state index is 0.0432. The van der Waals surface area contributed by atoms with Gasteiger partial charge in [-0.3, -0.25) is 4.79 Å². The molecule has 1 spiro atoms. The number of anilines is 1. The molecule has 3 rings (SSSR count). The van der Waals surface area contributed by atoms with Gasteiger partial charge in [-0.25, -0.2) is 4.79 Å². The maximum atomic E-state index is 13.4. The number of benzene rings is 1. The minimum Gasteiger partial charge on any atom is -0.458 e. The zero-order valence-electron chi connectivity index (χ0n) is 14.4. The number of likely N-dealkylation sites (N-methyl/N-ethyl adjacent to an activating group) is 1. The summed E-state index contributed by atoms with van der Waals surface area (Å²) < 4.78 is 10.6. The van der Waals surface area contributed by atoms with Crippen LogP contribution >= 0.6 is 0 Å². The van der Waals surface area contributed by atoms with E-state index in [4.69, 9.17) is 15.2 Å². The lowest BCUT2D eigenvalue weighted by atomic mass is 9.68. The molecule has 1 amide bonds. The van der Waals surface area contributed by atoms with Gasteiger partial charge >= 0.3 is 5.97 Å². The molecule has 0 bridgehead atoms. The molecule has 2 aliphatic rings. The lowest BCUT2D eigenvalue weighted by Gasteiger charge is -2.34. The Labute approximate surface area is 150 Å². The Balaban J connectivity index is 2.37. The van der Waals surface area contributed by atoms with Crippen LogP contribution in [0.2, 0.25) is 0 Å². The van der Waals surface area contributed by atoms with Gasteiger partial charge in [0, 0.05) is 18.3 Å². The van der Waals surface area contributed by atoms with E-state index in [1.807, 2.05) is 6.07 Å². The molecule has 0 fully saturated rings. The van der Waals surface area contributed by atoms with Gasteiger partial charge in [-0.15, -0.1) is 0 Å². The molecule has 7 nitrogen and oxygen atoms in total. The Morgan fingerprint density at radius 2 is 2.19 bits per heavy atom. The number of carbonyl (C=O) groups is 2. The number of allylic oxidation sites excluding steroid dienone is 1. The van der Waals surface area contributed by atoms with Crippen LogP contribution in [0.3, 0.4) is 0 Å². The zero-order chi connectivity index (χ0) is 19.1. The van der Waals surface area contributed by atoms with Gasteiger partial charge in [-0.05, 0) is 13.0 Å². The second kappa shape index (κ2) is 6.08. The number of esters is 1. The number of para-hydroxylation sites is 1. The van der Waals surface area contributed by atoms with E-state index < -0.39 is 17.3 Å². The molecule has 1 aromatic rings. The van der Waals surface area contributed by atoms with Crippen LogP contribution in [0.4, 0.5) is 5.69 Å². The Morgan fingerprint density at radius 1 is 1.50 bits per heavy atom. The number of fused-ring (bicyclic) bond motifs is 2. The van der Waals surface area contributed by atoms with E-state index in [0.29, 0.717) is 11.3 Å². The van der Waals surface area contributed by atoms with Crippen molar-refractivity contribution in [3.8, 4) is 6.07 Å². The van der Waals surface area contributed by atoms with Crippen molar-refractivity contribution < 1.29 is 19.1 Å². The van der Waals surface area contributed by atoms with Crippen molar-refractivity contribution in [3.05, 3.63) is 65.3 Å². The third-order valence-electron chi connectivity index (χ3n) is 4.55. The Kier molecular flexibility index (Phi) is 4.04. The van der Waals surface area contributed by atoms with Crippen LogP contribution in [0.25, 0.3) is 0 Å². The number of ether oxygens (including phenoxy) is 2. The van der Waals surface area contributed by atoms with E-state index in [0.717, 1.165) is 0 Å². The Hall–Kier alpha value is -3.53. The van der Waals surface area contributed by atoms with Gasteiger partial charge in [0.25, 0.3) is 0 Å². The molecule has 0 aliphatic carbocycles. The summed E-state index contributed by atoms with van der Waals surface area (Å²) in [6.45, 7) is 4.98. The lowest BCUT2D eigenvalue weighted by Crippen LogP contribution is -2.47. The number of hydrogen-bond donors (Lipinski definition) is 1. The highest BCUT2D eigenvalue weighted by Gasteiger charge is 2.61. The molecule has 26 heavy (non-hydrogen) atoms. The molecular weight excluding hydrogens is 334 g/mol. The molecule has 2 N–H and O–H groups in total. The van der Waals surface area contributed by atoms with Gasteiger partial charge in [-0.1, -0.05) is 30.9 Å². The van der Waals surface area contributed by atoms with Gasteiger partial charge in [0.15, 0.2) is 5.41 Å². The summed E-state index contributed by atoms with van der Waals surface area (Å²) in [4.78, 5) is 27.6. The Morgan fingerprint density at radius 3 is 2.85 bits per heavy atom. The maximum absolute atomic E-state index is 13.4. The van der Waals surface area contributed by atoms with Crippen LogP contribution in [0.5, 0.6) is 0 Å².